The lowest BCUT2D eigenvalue weighted by molar-refractivity contribution is -0.138. The minimum atomic E-state index is -4.36. The molecule has 0 amide bonds. The lowest BCUT2D eigenvalue weighted by Gasteiger charge is -2.13. The molecule has 0 N–H and O–H groups in total. The van der Waals surface area contributed by atoms with Crippen LogP contribution in [0.1, 0.15) is 11.1 Å². The number of para-hydroxylation sites is 1. The van der Waals surface area contributed by atoms with E-state index in [2.05, 4.69) is 9.97 Å². The lowest BCUT2D eigenvalue weighted by Crippen LogP contribution is -2.12. The van der Waals surface area contributed by atoms with Crippen LogP contribution in [0.5, 0.6) is 5.88 Å². The molecule has 0 saturated carbocycles. The van der Waals surface area contributed by atoms with Gasteiger partial charge in [-0.15, -0.1) is 0 Å². The van der Waals surface area contributed by atoms with Gasteiger partial charge in [0.1, 0.15) is 6.33 Å². The number of halogens is 3. The number of ether oxygens (including phenoxy) is 1. The summed E-state index contributed by atoms with van der Waals surface area (Å²) >= 11 is 0. The summed E-state index contributed by atoms with van der Waals surface area (Å²) in [6.45, 7) is 0.105. The summed E-state index contributed by atoms with van der Waals surface area (Å²) in [5.41, 5.74) is 0.308. The van der Waals surface area contributed by atoms with Crippen LogP contribution in [0.25, 0.3) is 10.9 Å². The molecule has 0 aliphatic carbocycles. The van der Waals surface area contributed by atoms with Gasteiger partial charge in [0, 0.05) is 6.42 Å². The maximum atomic E-state index is 12.9. The molecule has 23 heavy (non-hydrogen) atoms. The molecule has 0 bridgehead atoms. The van der Waals surface area contributed by atoms with E-state index in [-0.39, 0.29) is 18.6 Å². The summed E-state index contributed by atoms with van der Waals surface area (Å²) in [5.74, 6) is 0.375. The molecule has 0 spiro atoms. The SMILES string of the molecule is FC(F)(F)c1ccccc1CCOc1ncnc2ccccc12. The predicted molar refractivity (Wildman–Crippen MR) is 80.2 cm³/mol. The Morgan fingerprint density at radius 2 is 1.65 bits per heavy atom. The van der Waals surface area contributed by atoms with E-state index in [0.29, 0.717) is 5.88 Å². The Morgan fingerprint density at radius 1 is 0.913 bits per heavy atom. The van der Waals surface area contributed by atoms with Gasteiger partial charge in [-0.3, -0.25) is 0 Å². The molecule has 0 fully saturated rings. The number of aromatic nitrogens is 2. The van der Waals surface area contributed by atoms with Crippen LogP contribution >= 0.6 is 0 Å². The second kappa shape index (κ2) is 6.24. The highest BCUT2D eigenvalue weighted by atomic mass is 19.4. The Kier molecular flexibility index (Phi) is 4.14. The van der Waals surface area contributed by atoms with Gasteiger partial charge in [-0.25, -0.2) is 9.97 Å². The van der Waals surface area contributed by atoms with Crippen molar-refractivity contribution in [2.24, 2.45) is 0 Å². The zero-order valence-corrected chi connectivity index (χ0v) is 12.0. The monoisotopic (exact) mass is 318 g/mol. The van der Waals surface area contributed by atoms with Crippen molar-refractivity contribution in [1.82, 2.24) is 9.97 Å². The van der Waals surface area contributed by atoms with Gasteiger partial charge >= 0.3 is 6.18 Å². The van der Waals surface area contributed by atoms with E-state index in [1.165, 1.54) is 18.5 Å². The van der Waals surface area contributed by atoms with Crippen LogP contribution in [0.2, 0.25) is 0 Å². The fraction of sp³-hybridized carbons (Fsp3) is 0.176. The summed E-state index contributed by atoms with van der Waals surface area (Å²) < 4.78 is 44.4. The highest BCUT2D eigenvalue weighted by molar-refractivity contribution is 5.82. The number of fused-ring (bicyclic) bond motifs is 1. The molecular weight excluding hydrogens is 305 g/mol. The van der Waals surface area contributed by atoms with Gasteiger partial charge in [-0.1, -0.05) is 30.3 Å². The standard InChI is InChI=1S/C17H13F3N2O/c18-17(19,20)14-7-3-1-5-12(14)9-10-23-16-13-6-2-4-8-15(13)21-11-22-16/h1-8,11H,9-10H2. The molecule has 0 atom stereocenters. The van der Waals surface area contributed by atoms with E-state index in [1.807, 2.05) is 24.3 Å². The van der Waals surface area contributed by atoms with Crippen LogP contribution in [0.3, 0.4) is 0 Å². The molecule has 6 heteroatoms. The molecule has 0 unspecified atom stereocenters. The second-order valence-electron chi connectivity index (χ2n) is 4.95. The lowest BCUT2D eigenvalue weighted by atomic mass is 10.0. The molecule has 0 saturated heterocycles. The van der Waals surface area contributed by atoms with Crippen LogP contribution in [0.4, 0.5) is 13.2 Å². The third-order valence-electron chi connectivity index (χ3n) is 3.44. The van der Waals surface area contributed by atoms with Crippen LogP contribution < -0.4 is 4.74 Å². The average molecular weight is 318 g/mol. The van der Waals surface area contributed by atoms with Gasteiger partial charge in [0.2, 0.25) is 5.88 Å². The molecule has 2 aromatic carbocycles. The molecule has 3 aromatic rings. The van der Waals surface area contributed by atoms with E-state index < -0.39 is 11.7 Å². The fourth-order valence-electron chi connectivity index (χ4n) is 2.37. The quantitative estimate of drug-likeness (QED) is 0.720. The first-order valence-electron chi connectivity index (χ1n) is 7.03. The molecule has 1 heterocycles. The van der Waals surface area contributed by atoms with Crippen molar-refractivity contribution < 1.29 is 17.9 Å². The van der Waals surface area contributed by atoms with Gasteiger partial charge < -0.3 is 4.74 Å². The second-order valence-corrected chi connectivity index (χ2v) is 4.95. The first-order chi connectivity index (χ1) is 11.1. The normalized spacial score (nSPS) is 11.6. The number of rotatable bonds is 4. The summed E-state index contributed by atoms with van der Waals surface area (Å²) in [5, 5.41) is 0.735. The first kappa shape index (κ1) is 15.3. The van der Waals surface area contributed by atoms with Crippen molar-refractivity contribution in [2.45, 2.75) is 12.6 Å². The molecule has 0 aliphatic rings. The number of benzene rings is 2. The van der Waals surface area contributed by atoms with Crippen LogP contribution in [-0.4, -0.2) is 16.6 Å². The van der Waals surface area contributed by atoms with Crippen molar-refractivity contribution in [2.75, 3.05) is 6.61 Å². The number of hydrogen-bond acceptors (Lipinski definition) is 3. The topological polar surface area (TPSA) is 35.0 Å². The molecule has 0 radical (unpaired) electrons. The van der Waals surface area contributed by atoms with Gasteiger partial charge in [0.15, 0.2) is 0 Å². The Labute approximate surface area is 130 Å². The van der Waals surface area contributed by atoms with Gasteiger partial charge in [-0.2, -0.15) is 13.2 Å². The average Bonchev–Trinajstić information content (AvgIpc) is 2.55. The largest absolute Gasteiger partial charge is 0.477 e. The van der Waals surface area contributed by atoms with Crippen LogP contribution in [0.15, 0.2) is 54.9 Å². The molecule has 0 aliphatic heterocycles. The first-order valence-corrected chi connectivity index (χ1v) is 7.03. The Hall–Kier alpha value is -2.63. The predicted octanol–water partition coefficient (Wildman–Crippen LogP) is 4.27. The van der Waals surface area contributed by atoms with E-state index in [4.69, 9.17) is 4.74 Å². The van der Waals surface area contributed by atoms with Crippen molar-refractivity contribution in [1.29, 1.82) is 0 Å². The van der Waals surface area contributed by atoms with Crippen molar-refractivity contribution in [3.05, 3.63) is 66.0 Å². The number of hydrogen-bond donors (Lipinski definition) is 0. The third kappa shape index (κ3) is 3.41. The fourth-order valence-corrected chi connectivity index (χ4v) is 2.37. The smallest absolute Gasteiger partial charge is 0.416 e. The number of nitrogens with zero attached hydrogens (tertiary/aromatic N) is 2. The summed E-state index contributed by atoms with van der Waals surface area (Å²) in [6, 6.07) is 12.8. The summed E-state index contributed by atoms with van der Waals surface area (Å²) in [7, 11) is 0. The maximum absolute atomic E-state index is 12.9. The molecule has 118 valence electrons. The number of alkyl halides is 3. The van der Waals surface area contributed by atoms with Crippen LogP contribution in [0, 0.1) is 0 Å². The highest BCUT2D eigenvalue weighted by Gasteiger charge is 2.32. The Morgan fingerprint density at radius 3 is 2.48 bits per heavy atom. The third-order valence-corrected chi connectivity index (χ3v) is 3.44. The molecule has 3 nitrogen and oxygen atoms in total. The summed E-state index contributed by atoms with van der Waals surface area (Å²) in [6.07, 6.45) is -2.84. The molecule has 1 aromatic heterocycles. The zero-order valence-electron chi connectivity index (χ0n) is 12.0. The van der Waals surface area contributed by atoms with Crippen molar-refractivity contribution in [3.63, 3.8) is 0 Å². The minimum Gasteiger partial charge on any atom is -0.477 e. The minimum absolute atomic E-state index is 0.105. The maximum Gasteiger partial charge on any atom is 0.416 e. The Bertz CT molecular complexity index is 813. The van der Waals surface area contributed by atoms with Gasteiger partial charge in [0.05, 0.1) is 23.1 Å². The van der Waals surface area contributed by atoms with Crippen molar-refractivity contribution >= 4 is 10.9 Å². The van der Waals surface area contributed by atoms with Gasteiger partial charge in [-0.05, 0) is 23.8 Å². The van der Waals surface area contributed by atoms with E-state index in [1.54, 1.807) is 6.07 Å². The highest BCUT2D eigenvalue weighted by Crippen LogP contribution is 2.32. The van der Waals surface area contributed by atoms with E-state index in [0.717, 1.165) is 17.0 Å². The van der Waals surface area contributed by atoms with E-state index >= 15 is 0 Å². The van der Waals surface area contributed by atoms with Gasteiger partial charge in [0.25, 0.3) is 0 Å². The Balaban J connectivity index is 1.75. The molecular formula is C17H13F3N2O. The van der Waals surface area contributed by atoms with Crippen molar-refractivity contribution in [3.8, 4) is 5.88 Å². The van der Waals surface area contributed by atoms with E-state index in [9.17, 15) is 13.2 Å². The van der Waals surface area contributed by atoms with Crippen LogP contribution in [-0.2, 0) is 12.6 Å². The summed E-state index contributed by atoms with van der Waals surface area (Å²) in [4.78, 5) is 8.17. The zero-order chi connectivity index (χ0) is 16.3. The molecule has 3 rings (SSSR count).